The minimum atomic E-state index is -0.130. The third-order valence-electron chi connectivity index (χ3n) is 3.96. The summed E-state index contributed by atoms with van der Waals surface area (Å²) >= 11 is 0. The first-order valence-electron chi connectivity index (χ1n) is 6.11. The molecule has 0 aromatic carbocycles. The predicted molar refractivity (Wildman–Crippen MR) is 63.1 cm³/mol. The molecule has 2 bridgehead atoms. The molecular formula is C12H16N4O. The summed E-state index contributed by atoms with van der Waals surface area (Å²) in [6.45, 7) is 0. The van der Waals surface area contributed by atoms with Crippen molar-refractivity contribution in [3.05, 3.63) is 18.1 Å². The maximum absolute atomic E-state index is 11.9. The van der Waals surface area contributed by atoms with Gasteiger partial charge in [0.15, 0.2) is 0 Å². The van der Waals surface area contributed by atoms with Crippen LogP contribution in [-0.2, 0) is 0 Å². The zero-order valence-electron chi connectivity index (χ0n) is 9.60. The number of fused-ring (bicyclic) bond motifs is 2. The second-order valence-electron chi connectivity index (χ2n) is 5.08. The van der Waals surface area contributed by atoms with Crippen LogP contribution in [0, 0.1) is 11.8 Å². The molecule has 0 radical (unpaired) electrons. The Morgan fingerprint density at radius 1 is 1.29 bits per heavy atom. The Morgan fingerprint density at radius 3 is 2.76 bits per heavy atom. The molecule has 90 valence electrons. The summed E-state index contributed by atoms with van der Waals surface area (Å²) in [5, 5.41) is 3.06. The van der Waals surface area contributed by atoms with Gasteiger partial charge in [0.1, 0.15) is 11.5 Å². The van der Waals surface area contributed by atoms with Crippen molar-refractivity contribution in [1.29, 1.82) is 0 Å². The standard InChI is InChI=1S/C12H16N4O/c13-11-6-14-10(5-15-11)12(17)16-9-4-7-1-2-8(9)3-7/h5-9H,1-4H2,(H2,13,15)(H,16,17). The highest BCUT2D eigenvalue weighted by atomic mass is 16.1. The van der Waals surface area contributed by atoms with E-state index in [0.29, 0.717) is 23.5 Å². The number of carbonyl (C=O) groups excluding carboxylic acids is 1. The van der Waals surface area contributed by atoms with Gasteiger partial charge in [-0.25, -0.2) is 9.97 Å². The summed E-state index contributed by atoms with van der Waals surface area (Å²) in [6.07, 6.45) is 7.83. The lowest BCUT2D eigenvalue weighted by molar-refractivity contribution is 0.0917. The maximum atomic E-state index is 11.9. The summed E-state index contributed by atoms with van der Waals surface area (Å²) in [7, 11) is 0. The number of nitrogens with zero attached hydrogens (tertiary/aromatic N) is 2. The average Bonchev–Trinajstić information content (AvgIpc) is 2.91. The van der Waals surface area contributed by atoms with Gasteiger partial charge in [-0.3, -0.25) is 4.79 Å². The van der Waals surface area contributed by atoms with Gasteiger partial charge in [0, 0.05) is 6.04 Å². The van der Waals surface area contributed by atoms with Crippen molar-refractivity contribution in [3.8, 4) is 0 Å². The van der Waals surface area contributed by atoms with Crippen LogP contribution in [0.15, 0.2) is 12.4 Å². The molecular weight excluding hydrogens is 216 g/mol. The quantitative estimate of drug-likeness (QED) is 0.796. The molecule has 2 aliphatic rings. The van der Waals surface area contributed by atoms with E-state index >= 15 is 0 Å². The molecule has 1 amide bonds. The van der Waals surface area contributed by atoms with Gasteiger partial charge in [-0.05, 0) is 31.1 Å². The molecule has 3 unspecified atom stereocenters. The predicted octanol–water partition coefficient (Wildman–Crippen LogP) is 0.977. The van der Waals surface area contributed by atoms with Crippen molar-refractivity contribution in [1.82, 2.24) is 15.3 Å². The fourth-order valence-electron chi connectivity index (χ4n) is 3.12. The van der Waals surface area contributed by atoms with Gasteiger partial charge in [-0.15, -0.1) is 0 Å². The van der Waals surface area contributed by atoms with Gasteiger partial charge in [-0.2, -0.15) is 0 Å². The van der Waals surface area contributed by atoms with E-state index in [4.69, 9.17) is 5.73 Å². The summed E-state index contributed by atoms with van der Waals surface area (Å²) < 4.78 is 0. The average molecular weight is 232 g/mol. The number of hydrogen-bond acceptors (Lipinski definition) is 4. The van der Waals surface area contributed by atoms with E-state index in [1.165, 1.54) is 31.7 Å². The van der Waals surface area contributed by atoms with Gasteiger partial charge in [0.25, 0.3) is 5.91 Å². The van der Waals surface area contributed by atoms with Gasteiger partial charge >= 0.3 is 0 Å². The summed E-state index contributed by atoms with van der Waals surface area (Å²) in [5.41, 5.74) is 5.78. The van der Waals surface area contributed by atoms with Gasteiger partial charge in [-0.1, -0.05) is 6.42 Å². The van der Waals surface area contributed by atoms with Crippen LogP contribution in [0.3, 0.4) is 0 Å². The molecule has 2 fully saturated rings. The molecule has 17 heavy (non-hydrogen) atoms. The molecule has 3 atom stereocenters. The van der Waals surface area contributed by atoms with Gasteiger partial charge in [0.2, 0.25) is 0 Å². The van der Waals surface area contributed by atoms with Crippen LogP contribution in [0.5, 0.6) is 0 Å². The van der Waals surface area contributed by atoms with E-state index < -0.39 is 0 Å². The summed E-state index contributed by atoms with van der Waals surface area (Å²) in [4.78, 5) is 19.8. The molecule has 5 heteroatoms. The minimum Gasteiger partial charge on any atom is -0.382 e. The van der Waals surface area contributed by atoms with Crippen molar-refractivity contribution in [2.24, 2.45) is 11.8 Å². The number of nitrogen functional groups attached to an aromatic ring is 1. The molecule has 3 N–H and O–H groups in total. The van der Waals surface area contributed by atoms with Crippen LogP contribution in [0.1, 0.15) is 36.2 Å². The topological polar surface area (TPSA) is 80.9 Å². The molecule has 5 nitrogen and oxygen atoms in total. The number of amides is 1. The number of rotatable bonds is 2. The van der Waals surface area contributed by atoms with Crippen LogP contribution in [0.4, 0.5) is 5.82 Å². The molecule has 2 saturated carbocycles. The fourth-order valence-corrected chi connectivity index (χ4v) is 3.12. The van der Waals surface area contributed by atoms with Crippen LogP contribution in [0.25, 0.3) is 0 Å². The number of hydrogen-bond donors (Lipinski definition) is 2. The molecule has 0 spiro atoms. The molecule has 1 aromatic rings. The third-order valence-corrected chi connectivity index (χ3v) is 3.96. The molecule has 1 aromatic heterocycles. The number of aromatic nitrogens is 2. The Morgan fingerprint density at radius 2 is 2.18 bits per heavy atom. The second-order valence-corrected chi connectivity index (χ2v) is 5.08. The molecule has 0 saturated heterocycles. The zero-order valence-corrected chi connectivity index (χ0v) is 9.60. The maximum Gasteiger partial charge on any atom is 0.271 e. The normalized spacial score (nSPS) is 30.5. The van der Waals surface area contributed by atoms with Crippen molar-refractivity contribution in [2.45, 2.75) is 31.7 Å². The monoisotopic (exact) mass is 232 g/mol. The Kier molecular flexibility index (Phi) is 2.46. The lowest BCUT2D eigenvalue weighted by Gasteiger charge is -2.22. The lowest BCUT2D eigenvalue weighted by atomic mass is 9.95. The summed E-state index contributed by atoms with van der Waals surface area (Å²) in [5.74, 6) is 1.70. The van der Waals surface area contributed by atoms with Crippen LogP contribution >= 0.6 is 0 Å². The van der Waals surface area contributed by atoms with Crippen LogP contribution in [0.2, 0.25) is 0 Å². The number of nitrogens with two attached hydrogens (primary N) is 1. The number of anilines is 1. The first-order chi connectivity index (χ1) is 8.22. The van der Waals surface area contributed by atoms with E-state index in [0.717, 1.165) is 12.3 Å². The molecule has 2 aliphatic carbocycles. The second kappa shape index (κ2) is 3.98. The van der Waals surface area contributed by atoms with Gasteiger partial charge < -0.3 is 11.1 Å². The van der Waals surface area contributed by atoms with E-state index in [2.05, 4.69) is 15.3 Å². The minimum absolute atomic E-state index is 0.130. The van der Waals surface area contributed by atoms with E-state index in [-0.39, 0.29) is 5.91 Å². The van der Waals surface area contributed by atoms with Crippen molar-refractivity contribution in [3.63, 3.8) is 0 Å². The smallest absolute Gasteiger partial charge is 0.271 e. The van der Waals surface area contributed by atoms with Crippen molar-refractivity contribution >= 4 is 11.7 Å². The molecule has 3 rings (SSSR count). The van der Waals surface area contributed by atoms with Crippen LogP contribution < -0.4 is 11.1 Å². The Hall–Kier alpha value is -1.65. The number of carbonyl (C=O) groups is 1. The third kappa shape index (κ3) is 1.97. The lowest BCUT2D eigenvalue weighted by Crippen LogP contribution is -2.38. The zero-order chi connectivity index (χ0) is 11.8. The molecule has 1 heterocycles. The first kappa shape index (κ1) is 10.5. The highest BCUT2D eigenvalue weighted by Gasteiger charge is 2.40. The van der Waals surface area contributed by atoms with Crippen molar-refractivity contribution < 1.29 is 4.79 Å². The van der Waals surface area contributed by atoms with E-state index in [9.17, 15) is 4.79 Å². The van der Waals surface area contributed by atoms with Crippen molar-refractivity contribution in [2.75, 3.05) is 5.73 Å². The highest BCUT2D eigenvalue weighted by molar-refractivity contribution is 5.92. The Labute approximate surface area is 99.8 Å². The van der Waals surface area contributed by atoms with Crippen LogP contribution in [-0.4, -0.2) is 21.9 Å². The SMILES string of the molecule is Nc1cnc(C(=O)NC2CC3CCC2C3)cn1. The van der Waals surface area contributed by atoms with E-state index in [1.54, 1.807) is 0 Å². The molecule has 0 aliphatic heterocycles. The fraction of sp³-hybridized carbons (Fsp3) is 0.583. The van der Waals surface area contributed by atoms with Gasteiger partial charge in [0.05, 0.1) is 12.4 Å². The summed E-state index contributed by atoms with van der Waals surface area (Å²) in [6, 6.07) is 0.334. The van der Waals surface area contributed by atoms with E-state index in [1.807, 2.05) is 0 Å². The highest BCUT2D eigenvalue weighted by Crippen LogP contribution is 2.44. The Balaban J connectivity index is 1.65. The first-order valence-corrected chi connectivity index (χ1v) is 6.11. The largest absolute Gasteiger partial charge is 0.382 e. The Bertz CT molecular complexity index is 431. The number of nitrogens with one attached hydrogen (secondary N) is 1.